The van der Waals surface area contributed by atoms with Gasteiger partial charge in [0.2, 0.25) is 0 Å². The van der Waals surface area contributed by atoms with Gasteiger partial charge in [-0.1, -0.05) is 65.4 Å². The van der Waals surface area contributed by atoms with E-state index in [-0.39, 0.29) is 0 Å². The molecule has 2 bridgehead atoms. The van der Waals surface area contributed by atoms with Crippen molar-refractivity contribution in [2.45, 2.75) is 115 Å². The van der Waals surface area contributed by atoms with Crippen LogP contribution in [0, 0.1) is 5.92 Å². The Morgan fingerprint density at radius 3 is 2.29 bits per heavy atom. The fourth-order valence-electron chi connectivity index (χ4n) is 4.12. The molecule has 3 rings (SSSR count). The lowest BCUT2D eigenvalue weighted by atomic mass is 9.97. The van der Waals surface area contributed by atoms with Crippen molar-refractivity contribution in [2.75, 3.05) is 0 Å². The minimum absolute atomic E-state index is 0.291. The lowest BCUT2D eigenvalue weighted by molar-refractivity contribution is 0.143. The van der Waals surface area contributed by atoms with Crippen LogP contribution in [0.4, 0.5) is 0 Å². The van der Waals surface area contributed by atoms with Gasteiger partial charge in [-0.05, 0) is 43.0 Å². The molecule has 1 saturated heterocycles. The molecule has 0 unspecified atom stereocenters. The normalized spacial score (nSPS) is 35.3. The Morgan fingerprint density at radius 2 is 1.62 bits per heavy atom. The van der Waals surface area contributed by atoms with E-state index in [0.717, 1.165) is 6.42 Å². The fraction of sp³-hybridized carbons (Fsp3) is 0.905. The number of hydrogen-bond acceptors (Lipinski definition) is 2. The van der Waals surface area contributed by atoms with E-state index in [2.05, 4.69) is 39.9 Å². The molecule has 138 valence electrons. The van der Waals surface area contributed by atoms with Crippen molar-refractivity contribution in [3.8, 4) is 0 Å². The molecule has 0 aromatic carbocycles. The van der Waals surface area contributed by atoms with E-state index >= 15 is 0 Å². The molecule has 4 atom stereocenters. The van der Waals surface area contributed by atoms with Crippen LogP contribution in [0.15, 0.2) is 11.6 Å². The van der Waals surface area contributed by atoms with Gasteiger partial charge in [-0.3, -0.25) is 0 Å². The molecule has 0 N–H and O–H groups in total. The predicted octanol–water partition coefficient (Wildman–Crippen LogP) is 6.22. The Hall–Kier alpha value is -0.123. The second-order valence-corrected chi connectivity index (χ2v) is 14.6. The Labute approximate surface area is 150 Å². The third-order valence-electron chi connectivity index (χ3n) is 6.82. The fourth-order valence-corrected chi connectivity index (χ4v) is 5.49. The van der Waals surface area contributed by atoms with Gasteiger partial charge >= 0.3 is 0 Å². The quantitative estimate of drug-likeness (QED) is 0.335. The molecular weight excluding hydrogens is 312 g/mol. The molecule has 0 amide bonds. The average molecular weight is 351 g/mol. The summed E-state index contributed by atoms with van der Waals surface area (Å²) < 4.78 is 12.9. The molecule has 0 saturated carbocycles. The third kappa shape index (κ3) is 4.34. The zero-order valence-corrected chi connectivity index (χ0v) is 17.6. The van der Waals surface area contributed by atoms with E-state index in [0.29, 0.717) is 29.3 Å². The summed E-state index contributed by atoms with van der Waals surface area (Å²) in [7, 11) is -1.70. The lowest BCUT2D eigenvalue weighted by Crippen LogP contribution is -2.45. The molecule has 0 spiro atoms. The topological polar surface area (TPSA) is 21.8 Å². The molecule has 0 aromatic heterocycles. The molecule has 24 heavy (non-hydrogen) atoms. The molecule has 3 aliphatic rings. The molecular formula is C21H38O2Si. The van der Waals surface area contributed by atoms with E-state index in [1.54, 1.807) is 5.57 Å². The number of fused-ring (bicyclic) bond motifs is 3. The van der Waals surface area contributed by atoms with E-state index in [4.69, 9.17) is 9.16 Å². The van der Waals surface area contributed by atoms with Gasteiger partial charge < -0.3 is 9.16 Å². The van der Waals surface area contributed by atoms with Crippen molar-refractivity contribution in [1.29, 1.82) is 0 Å². The van der Waals surface area contributed by atoms with Crippen LogP contribution < -0.4 is 0 Å². The minimum atomic E-state index is -1.70. The summed E-state index contributed by atoms with van der Waals surface area (Å²) in [5.74, 6) is 0.625. The number of rotatable bonds is 2. The van der Waals surface area contributed by atoms with Gasteiger partial charge in [-0.25, -0.2) is 0 Å². The van der Waals surface area contributed by atoms with Crippen LogP contribution in [0.2, 0.25) is 18.1 Å². The Kier molecular flexibility index (Phi) is 5.63. The van der Waals surface area contributed by atoms with Crippen molar-refractivity contribution in [3.63, 3.8) is 0 Å². The van der Waals surface area contributed by atoms with Crippen LogP contribution in [-0.2, 0) is 9.16 Å². The number of epoxide rings is 1. The SMILES string of the molecule is CC(C)(C)[Si](C)(C)O[C@H]1CC2=C[C@H]1CCCCCCCC[C@@H]1O[C@H]21. The largest absolute Gasteiger partial charge is 0.413 e. The third-order valence-corrected chi connectivity index (χ3v) is 11.3. The molecule has 2 nitrogen and oxygen atoms in total. The average Bonchev–Trinajstić information content (AvgIpc) is 3.14. The summed E-state index contributed by atoms with van der Waals surface area (Å²) in [6, 6.07) is 0. The molecule has 3 heteroatoms. The van der Waals surface area contributed by atoms with Gasteiger partial charge in [0.25, 0.3) is 0 Å². The van der Waals surface area contributed by atoms with Gasteiger partial charge in [-0.2, -0.15) is 0 Å². The maximum absolute atomic E-state index is 6.86. The van der Waals surface area contributed by atoms with Gasteiger partial charge in [0.15, 0.2) is 8.32 Å². The molecule has 2 aliphatic carbocycles. The van der Waals surface area contributed by atoms with E-state index < -0.39 is 8.32 Å². The second kappa shape index (κ2) is 7.24. The molecule has 1 aliphatic heterocycles. The maximum Gasteiger partial charge on any atom is 0.192 e. The zero-order valence-electron chi connectivity index (χ0n) is 16.6. The molecule has 0 aromatic rings. The van der Waals surface area contributed by atoms with Crippen LogP contribution in [0.1, 0.15) is 78.6 Å². The summed E-state index contributed by atoms with van der Waals surface area (Å²) in [6.45, 7) is 11.9. The van der Waals surface area contributed by atoms with E-state index in [1.165, 1.54) is 51.4 Å². The summed E-state index contributed by atoms with van der Waals surface area (Å²) >= 11 is 0. The van der Waals surface area contributed by atoms with Gasteiger partial charge in [-0.15, -0.1) is 0 Å². The van der Waals surface area contributed by atoms with Crippen LogP contribution >= 0.6 is 0 Å². The first kappa shape index (κ1) is 18.7. The van der Waals surface area contributed by atoms with Gasteiger partial charge in [0.05, 0.1) is 12.2 Å². The smallest absolute Gasteiger partial charge is 0.192 e. The maximum atomic E-state index is 6.86. The van der Waals surface area contributed by atoms with Crippen LogP contribution in [0.3, 0.4) is 0 Å². The Bertz CT molecular complexity index is 463. The van der Waals surface area contributed by atoms with Gasteiger partial charge in [0, 0.05) is 5.92 Å². The van der Waals surface area contributed by atoms with Crippen LogP contribution in [0.25, 0.3) is 0 Å². The standard InChI is InChI=1S/C21H38O2Si/c1-21(2,3)24(4,5)23-19-15-17-14-16(19)12-10-8-6-7-9-11-13-18-20(17)22-18/h14,16,18-20H,6-13,15H2,1-5H3/t16-,18+,19+,20-/m1/s1. The van der Waals surface area contributed by atoms with Gasteiger partial charge in [0.1, 0.15) is 6.10 Å². The second-order valence-electron chi connectivity index (χ2n) is 9.82. The summed E-state index contributed by atoms with van der Waals surface area (Å²) in [4.78, 5) is 0. The first-order valence-corrected chi connectivity index (χ1v) is 13.2. The van der Waals surface area contributed by atoms with Crippen LogP contribution in [0.5, 0.6) is 0 Å². The van der Waals surface area contributed by atoms with Crippen molar-refractivity contribution in [1.82, 2.24) is 0 Å². The van der Waals surface area contributed by atoms with E-state index in [9.17, 15) is 0 Å². The highest BCUT2D eigenvalue weighted by molar-refractivity contribution is 6.74. The predicted molar refractivity (Wildman–Crippen MR) is 104 cm³/mol. The Morgan fingerprint density at radius 1 is 1.00 bits per heavy atom. The van der Waals surface area contributed by atoms with Crippen LogP contribution in [-0.4, -0.2) is 26.6 Å². The summed E-state index contributed by atoms with van der Waals surface area (Å²) in [5, 5.41) is 0.291. The number of hydrogen-bond donors (Lipinski definition) is 0. The first-order valence-electron chi connectivity index (χ1n) is 10.3. The molecule has 0 radical (unpaired) electrons. The van der Waals surface area contributed by atoms with Crippen molar-refractivity contribution in [2.24, 2.45) is 5.92 Å². The van der Waals surface area contributed by atoms with E-state index in [1.807, 2.05) is 0 Å². The molecule has 1 heterocycles. The van der Waals surface area contributed by atoms with Crippen molar-refractivity contribution in [3.05, 3.63) is 11.6 Å². The first-order chi connectivity index (χ1) is 11.3. The Balaban J connectivity index is 1.67. The molecule has 1 fully saturated rings. The number of ether oxygens (including phenoxy) is 1. The highest BCUT2D eigenvalue weighted by atomic mass is 28.4. The summed E-state index contributed by atoms with van der Waals surface area (Å²) in [5.41, 5.74) is 1.56. The summed E-state index contributed by atoms with van der Waals surface area (Å²) in [6.07, 6.45) is 15.9. The lowest BCUT2D eigenvalue weighted by Gasteiger charge is -2.40. The highest BCUT2D eigenvalue weighted by Crippen LogP contribution is 2.45. The van der Waals surface area contributed by atoms with Crippen molar-refractivity contribution < 1.29 is 9.16 Å². The van der Waals surface area contributed by atoms with Crippen molar-refractivity contribution >= 4 is 8.32 Å². The highest BCUT2D eigenvalue weighted by Gasteiger charge is 2.47. The minimum Gasteiger partial charge on any atom is -0.413 e. The monoisotopic (exact) mass is 350 g/mol. The zero-order chi connectivity index (χ0) is 17.4.